The van der Waals surface area contributed by atoms with E-state index in [0.717, 1.165) is 81.0 Å². The van der Waals surface area contributed by atoms with Crippen molar-refractivity contribution in [3.05, 3.63) is 53.9 Å². The topological polar surface area (TPSA) is 85.9 Å². The fraction of sp³-hybridized carbons (Fsp3) is 0.500. The smallest absolute Gasteiger partial charge is 0.225 e. The summed E-state index contributed by atoms with van der Waals surface area (Å²) in [4.78, 5) is 17.5. The Labute approximate surface area is 225 Å². The van der Waals surface area contributed by atoms with Crippen LogP contribution in [0.5, 0.6) is 0 Å². The van der Waals surface area contributed by atoms with E-state index in [2.05, 4.69) is 64.5 Å². The number of morpholine rings is 1. The fourth-order valence-electron chi connectivity index (χ4n) is 5.98. The number of carbonyl (C=O) groups is 1. The molecular weight excluding hydrogens is 476 g/mol. The van der Waals surface area contributed by atoms with E-state index in [0.29, 0.717) is 13.1 Å². The van der Waals surface area contributed by atoms with Crippen molar-refractivity contribution in [2.45, 2.75) is 38.7 Å². The largest absolute Gasteiger partial charge is 0.371 e. The van der Waals surface area contributed by atoms with Gasteiger partial charge in [-0.15, -0.1) is 0 Å². The van der Waals surface area contributed by atoms with Gasteiger partial charge in [0, 0.05) is 69.6 Å². The zero-order chi connectivity index (χ0) is 26.5. The van der Waals surface area contributed by atoms with Gasteiger partial charge in [0.15, 0.2) is 0 Å². The summed E-state index contributed by atoms with van der Waals surface area (Å²) in [7, 11) is 0. The fourth-order valence-corrected chi connectivity index (χ4v) is 5.98. The molecule has 0 bridgehead atoms. The number of nitriles is 1. The number of piperazine rings is 1. The van der Waals surface area contributed by atoms with Crippen LogP contribution in [0.15, 0.2) is 47.7 Å². The number of rotatable bonds is 6. The lowest BCUT2D eigenvalue weighted by molar-refractivity contribution is -0.138. The number of aromatic nitrogens is 1. The van der Waals surface area contributed by atoms with Gasteiger partial charge >= 0.3 is 0 Å². The number of nitrogens with zero attached hydrogens (tertiary/aromatic N) is 5. The average Bonchev–Trinajstić information content (AvgIpc) is 3.42. The molecule has 0 radical (unpaired) electrons. The van der Waals surface area contributed by atoms with Crippen molar-refractivity contribution in [2.75, 3.05) is 45.9 Å². The zero-order valence-corrected chi connectivity index (χ0v) is 22.3. The molecule has 2 aliphatic heterocycles. The van der Waals surface area contributed by atoms with E-state index in [9.17, 15) is 4.79 Å². The Morgan fingerprint density at radius 2 is 1.82 bits per heavy atom. The van der Waals surface area contributed by atoms with E-state index in [1.807, 2.05) is 22.7 Å². The summed E-state index contributed by atoms with van der Waals surface area (Å²) in [6.45, 7) is 11.3. The molecule has 1 N–H and O–H groups in total. The summed E-state index contributed by atoms with van der Waals surface area (Å²) < 4.78 is 7.74. The van der Waals surface area contributed by atoms with Crippen molar-refractivity contribution in [2.24, 2.45) is 16.9 Å². The van der Waals surface area contributed by atoms with Gasteiger partial charge in [0.2, 0.25) is 5.91 Å². The lowest BCUT2D eigenvalue weighted by atomic mass is 9.82. The van der Waals surface area contributed by atoms with Crippen molar-refractivity contribution in [3.63, 3.8) is 0 Å². The van der Waals surface area contributed by atoms with E-state index in [4.69, 9.17) is 10.00 Å². The highest BCUT2D eigenvalue weighted by Gasteiger charge is 2.32. The summed E-state index contributed by atoms with van der Waals surface area (Å²) >= 11 is 0. The van der Waals surface area contributed by atoms with E-state index in [1.54, 1.807) is 0 Å². The van der Waals surface area contributed by atoms with Crippen LogP contribution in [-0.4, -0.2) is 73.0 Å². The molecule has 5 rings (SSSR count). The Kier molecular flexibility index (Phi) is 8.26. The monoisotopic (exact) mass is 514 g/mol. The van der Waals surface area contributed by atoms with Crippen LogP contribution in [0, 0.1) is 23.2 Å². The summed E-state index contributed by atoms with van der Waals surface area (Å²) in [5.41, 5.74) is 5.49. The van der Waals surface area contributed by atoms with Gasteiger partial charge in [-0.05, 0) is 49.8 Å². The first-order valence-corrected chi connectivity index (χ1v) is 13.8. The van der Waals surface area contributed by atoms with E-state index < -0.39 is 0 Å². The number of nitrogens with one attached hydrogen (secondary N) is 1. The van der Waals surface area contributed by atoms with Crippen molar-refractivity contribution in [1.82, 2.24) is 19.8 Å². The molecular formula is C30H38N6O2. The number of ether oxygens (including phenoxy) is 1. The molecule has 1 aliphatic carbocycles. The molecule has 3 fully saturated rings. The van der Waals surface area contributed by atoms with Crippen molar-refractivity contribution < 1.29 is 9.53 Å². The van der Waals surface area contributed by atoms with Gasteiger partial charge in [-0.25, -0.2) is 4.68 Å². The van der Waals surface area contributed by atoms with Gasteiger partial charge in [0.05, 0.1) is 30.2 Å². The molecule has 2 aromatic rings. The summed E-state index contributed by atoms with van der Waals surface area (Å²) in [6.07, 6.45) is 7.61. The summed E-state index contributed by atoms with van der Waals surface area (Å²) in [6, 6.07) is 13.1. The molecule has 200 valence electrons. The Morgan fingerprint density at radius 1 is 1.11 bits per heavy atom. The average molecular weight is 515 g/mol. The van der Waals surface area contributed by atoms with Crippen molar-refractivity contribution in [1.29, 1.82) is 5.26 Å². The predicted molar refractivity (Wildman–Crippen MR) is 149 cm³/mol. The maximum Gasteiger partial charge on any atom is 0.225 e. The Hall–Kier alpha value is -3.41. The van der Waals surface area contributed by atoms with Gasteiger partial charge in [-0.3, -0.25) is 4.79 Å². The van der Waals surface area contributed by atoms with Crippen LogP contribution in [0.3, 0.4) is 0 Å². The highest BCUT2D eigenvalue weighted by molar-refractivity contribution is 5.79. The molecule has 1 aromatic carbocycles. The zero-order valence-electron chi connectivity index (χ0n) is 22.3. The number of allylic oxidation sites excluding steroid dienone is 1. The molecule has 8 nitrogen and oxygen atoms in total. The standard InChI is InChI=1S/C30H38N6O2/c1-3-27(34-13-15-35(16-14-34)30(37)25-6-4-22(19-31)5-7-25)28-18-26(21-36(28)32-2)23-8-10-24(11-9-23)29-20-33-12-17-38-29/h3,8-11,18,21-22,25,29,33H,2,4-7,12-17,20H2,1H3/b27-3+. The van der Waals surface area contributed by atoms with Gasteiger partial charge in [0.25, 0.3) is 0 Å². The van der Waals surface area contributed by atoms with Crippen molar-refractivity contribution in [3.8, 4) is 17.2 Å². The third-order valence-electron chi connectivity index (χ3n) is 8.22. The second kappa shape index (κ2) is 12.0. The molecule has 2 saturated heterocycles. The predicted octanol–water partition coefficient (Wildman–Crippen LogP) is 4.11. The SMILES string of the molecule is C=Nn1cc(-c2ccc(C3CNCCO3)cc2)cc1/C(=C\C)N1CCN(C(=O)C2CCC(C#N)CC2)CC1. The summed E-state index contributed by atoms with van der Waals surface area (Å²) in [5, 5.41) is 16.8. The minimum atomic E-state index is 0.0735. The number of amides is 1. The van der Waals surface area contributed by atoms with Gasteiger partial charge in [-0.1, -0.05) is 30.3 Å². The highest BCUT2D eigenvalue weighted by Crippen LogP contribution is 2.32. The molecule has 3 aliphatic rings. The Bertz CT molecular complexity index is 1190. The Balaban J connectivity index is 1.24. The van der Waals surface area contributed by atoms with Gasteiger partial charge in [-0.2, -0.15) is 10.4 Å². The lowest BCUT2D eigenvalue weighted by Crippen LogP contribution is -2.50. The normalized spacial score (nSPS) is 24.6. The molecule has 1 aromatic heterocycles. The number of carbonyl (C=O) groups excluding carboxylic acids is 1. The number of hydrogen-bond donors (Lipinski definition) is 1. The van der Waals surface area contributed by atoms with Crippen molar-refractivity contribution >= 4 is 18.3 Å². The van der Waals surface area contributed by atoms with Crippen LogP contribution in [-0.2, 0) is 9.53 Å². The maximum absolute atomic E-state index is 13.1. The first-order valence-electron chi connectivity index (χ1n) is 13.8. The molecule has 1 unspecified atom stereocenters. The molecule has 38 heavy (non-hydrogen) atoms. The molecule has 0 spiro atoms. The third-order valence-corrected chi connectivity index (χ3v) is 8.22. The highest BCUT2D eigenvalue weighted by atomic mass is 16.5. The van der Waals surface area contributed by atoms with Crippen LogP contribution in [0.1, 0.15) is 50.0 Å². The summed E-state index contributed by atoms with van der Waals surface area (Å²) in [5.74, 6) is 0.456. The first kappa shape index (κ1) is 26.2. The molecule has 8 heteroatoms. The van der Waals surface area contributed by atoms with Crippen LogP contribution in [0.2, 0.25) is 0 Å². The van der Waals surface area contributed by atoms with Gasteiger partial charge < -0.3 is 19.9 Å². The second-order valence-corrected chi connectivity index (χ2v) is 10.4. The third kappa shape index (κ3) is 5.54. The minimum Gasteiger partial charge on any atom is -0.371 e. The van der Waals surface area contributed by atoms with Crippen LogP contribution in [0.25, 0.3) is 16.8 Å². The minimum absolute atomic E-state index is 0.0735. The maximum atomic E-state index is 13.1. The van der Waals surface area contributed by atoms with Crippen LogP contribution < -0.4 is 5.32 Å². The second-order valence-electron chi connectivity index (χ2n) is 10.4. The lowest BCUT2D eigenvalue weighted by Gasteiger charge is -2.39. The molecule has 1 saturated carbocycles. The molecule has 1 atom stereocenters. The number of benzene rings is 1. The first-order chi connectivity index (χ1) is 18.6. The molecule has 3 heterocycles. The van der Waals surface area contributed by atoms with Gasteiger partial charge in [0.1, 0.15) is 0 Å². The Morgan fingerprint density at radius 3 is 2.42 bits per heavy atom. The van der Waals surface area contributed by atoms with E-state index >= 15 is 0 Å². The quantitative estimate of drug-likeness (QED) is 0.587. The number of hydrogen-bond acceptors (Lipinski definition) is 6. The molecule has 1 amide bonds. The van der Waals surface area contributed by atoms with Crippen LogP contribution >= 0.6 is 0 Å². The van der Waals surface area contributed by atoms with Crippen LogP contribution in [0.4, 0.5) is 0 Å². The van der Waals surface area contributed by atoms with E-state index in [1.165, 1.54) is 5.56 Å². The van der Waals surface area contributed by atoms with E-state index in [-0.39, 0.29) is 23.8 Å².